The third kappa shape index (κ3) is 2.87. The Bertz CT molecular complexity index is 578. The summed E-state index contributed by atoms with van der Waals surface area (Å²) in [6.07, 6.45) is 2.31. The van der Waals surface area contributed by atoms with Gasteiger partial charge in [0.1, 0.15) is 11.6 Å². The van der Waals surface area contributed by atoms with Crippen molar-refractivity contribution < 1.29 is 17.9 Å². The molecule has 106 valence electrons. The predicted octanol–water partition coefficient (Wildman–Crippen LogP) is 3.83. The van der Waals surface area contributed by atoms with Crippen molar-refractivity contribution in [1.82, 2.24) is 4.90 Å². The van der Waals surface area contributed by atoms with Crippen LogP contribution in [-0.4, -0.2) is 25.0 Å². The van der Waals surface area contributed by atoms with Gasteiger partial charge < -0.3 is 9.64 Å². The molecule has 0 aliphatic carbocycles. The zero-order valence-electron chi connectivity index (χ0n) is 10.9. The molecule has 0 amide bonds. The molecule has 1 heterocycles. The van der Waals surface area contributed by atoms with E-state index in [0.717, 1.165) is 0 Å². The quantitative estimate of drug-likeness (QED) is 0.831. The number of nitrogens with zero attached hydrogens (tertiary/aromatic N) is 1. The lowest BCUT2D eigenvalue weighted by Crippen LogP contribution is -2.27. The van der Waals surface area contributed by atoms with Gasteiger partial charge >= 0.3 is 0 Å². The van der Waals surface area contributed by atoms with Crippen LogP contribution in [0.2, 0.25) is 0 Å². The topological polar surface area (TPSA) is 12.5 Å². The van der Waals surface area contributed by atoms with Gasteiger partial charge in [-0.25, -0.2) is 13.2 Å². The Morgan fingerprint density at radius 1 is 1.35 bits per heavy atom. The molecule has 1 aliphatic rings. The Morgan fingerprint density at radius 3 is 2.70 bits per heavy atom. The van der Waals surface area contributed by atoms with Gasteiger partial charge in [0, 0.05) is 17.3 Å². The van der Waals surface area contributed by atoms with E-state index in [1.807, 2.05) is 0 Å². The molecule has 0 bridgehead atoms. The minimum Gasteiger partial charge on any atom is -0.497 e. The minimum atomic E-state index is -2.54. The van der Waals surface area contributed by atoms with Crippen LogP contribution >= 0.6 is 0 Å². The molecule has 1 aliphatic heterocycles. The molecule has 0 spiro atoms. The summed E-state index contributed by atoms with van der Waals surface area (Å²) in [5.74, 6) is -0.157. The van der Waals surface area contributed by atoms with Gasteiger partial charge in [0.2, 0.25) is 0 Å². The predicted molar refractivity (Wildman–Crippen MR) is 71.9 cm³/mol. The van der Waals surface area contributed by atoms with Gasteiger partial charge in [-0.05, 0) is 24.3 Å². The molecule has 1 aromatic carbocycles. The Labute approximate surface area is 115 Å². The Balaban J connectivity index is 2.40. The van der Waals surface area contributed by atoms with Crippen LogP contribution in [0.5, 0.6) is 5.75 Å². The first kappa shape index (κ1) is 14.2. The fourth-order valence-electron chi connectivity index (χ4n) is 2.00. The van der Waals surface area contributed by atoms with Crippen molar-refractivity contribution >= 4 is 5.70 Å². The normalized spacial score (nSPS) is 14.8. The number of allylic oxidation sites excluding steroid dienone is 3. The first-order valence-corrected chi connectivity index (χ1v) is 6.00. The van der Waals surface area contributed by atoms with E-state index in [4.69, 9.17) is 4.74 Å². The van der Waals surface area contributed by atoms with Gasteiger partial charge in [0.05, 0.1) is 19.4 Å². The van der Waals surface area contributed by atoms with Crippen LogP contribution in [-0.2, 0) is 0 Å². The second-order valence-electron chi connectivity index (χ2n) is 4.25. The van der Waals surface area contributed by atoms with E-state index in [9.17, 15) is 13.2 Å². The molecule has 0 unspecified atom stereocenters. The van der Waals surface area contributed by atoms with E-state index in [0.29, 0.717) is 17.1 Å². The standard InChI is InChI=1S/C15H14F3NO/c1-10-4-3-5-14(19(10)9-15(17)18)12-7-6-11(20-2)8-13(12)16/h3-8,15H,1,9H2,2H3. The second-order valence-corrected chi connectivity index (χ2v) is 4.25. The van der Waals surface area contributed by atoms with Crippen molar-refractivity contribution in [2.24, 2.45) is 0 Å². The van der Waals surface area contributed by atoms with Gasteiger partial charge in [-0.1, -0.05) is 12.7 Å². The number of methoxy groups -OCH3 is 1. The lowest BCUT2D eigenvalue weighted by Gasteiger charge is -2.30. The number of benzene rings is 1. The molecule has 2 rings (SSSR count). The Kier molecular flexibility index (Phi) is 4.17. The maximum Gasteiger partial charge on any atom is 0.256 e. The number of rotatable bonds is 4. The Morgan fingerprint density at radius 2 is 2.10 bits per heavy atom. The molecule has 0 saturated heterocycles. The van der Waals surface area contributed by atoms with Gasteiger partial charge in [-0.3, -0.25) is 0 Å². The Hall–Kier alpha value is -2.17. The van der Waals surface area contributed by atoms with Gasteiger partial charge in [-0.2, -0.15) is 0 Å². The molecular weight excluding hydrogens is 267 g/mol. The molecule has 0 saturated carbocycles. The van der Waals surface area contributed by atoms with Crippen LogP contribution in [0, 0.1) is 5.82 Å². The summed E-state index contributed by atoms with van der Waals surface area (Å²) in [7, 11) is 1.43. The number of alkyl halides is 2. The first-order valence-electron chi connectivity index (χ1n) is 6.00. The van der Waals surface area contributed by atoms with E-state index in [1.54, 1.807) is 24.3 Å². The van der Waals surface area contributed by atoms with Crippen molar-refractivity contribution in [2.75, 3.05) is 13.7 Å². The zero-order chi connectivity index (χ0) is 14.7. The van der Waals surface area contributed by atoms with Crippen molar-refractivity contribution in [3.8, 4) is 5.75 Å². The number of halogens is 3. The summed E-state index contributed by atoms with van der Waals surface area (Å²) < 4.78 is 44.3. The molecule has 1 aromatic rings. The van der Waals surface area contributed by atoms with Crippen LogP contribution in [0.1, 0.15) is 5.56 Å². The third-order valence-corrected chi connectivity index (χ3v) is 2.95. The van der Waals surface area contributed by atoms with Crippen molar-refractivity contribution in [3.63, 3.8) is 0 Å². The van der Waals surface area contributed by atoms with Gasteiger partial charge in [0.25, 0.3) is 6.43 Å². The molecule has 20 heavy (non-hydrogen) atoms. The highest BCUT2D eigenvalue weighted by atomic mass is 19.3. The summed E-state index contributed by atoms with van der Waals surface area (Å²) in [6, 6.07) is 4.31. The zero-order valence-corrected chi connectivity index (χ0v) is 10.9. The largest absolute Gasteiger partial charge is 0.497 e. The summed E-state index contributed by atoms with van der Waals surface area (Å²) in [4.78, 5) is 1.30. The van der Waals surface area contributed by atoms with Crippen molar-refractivity contribution in [3.05, 3.63) is 60.1 Å². The number of hydrogen-bond acceptors (Lipinski definition) is 2. The molecule has 0 aromatic heterocycles. The van der Waals surface area contributed by atoms with E-state index in [1.165, 1.54) is 24.1 Å². The van der Waals surface area contributed by atoms with Crippen LogP contribution < -0.4 is 4.74 Å². The molecule has 0 radical (unpaired) electrons. The second kappa shape index (κ2) is 5.86. The summed E-state index contributed by atoms with van der Waals surface area (Å²) in [5.41, 5.74) is 0.993. The molecule has 5 heteroatoms. The average Bonchev–Trinajstić information content (AvgIpc) is 2.41. The van der Waals surface area contributed by atoms with E-state index in [2.05, 4.69) is 6.58 Å². The fraction of sp³-hybridized carbons (Fsp3) is 0.200. The lowest BCUT2D eigenvalue weighted by molar-refractivity contribution is 0.123. The molecule has 2 nitrogen and oxygen atoms in total. The summed E-state index contributed by atoms with van der Waals surface area (Å²) >= 11 is 0. The van der Waals surface area contributed by atoms with Gasteiger partial charge in [0.15, 0.2) is 0 Å². The lowest BCUT2D eigenvalue weighted by atomic mass is 10.1. The number of ether oxygens (including phenoxy) is 1. The van der Waals surface area contributed by atoms with Crippen LogP contribution in [0.4, 0.5) is 13.2 Å². The fourth-order valence-corrected chi connectivity index (χ4v) is 2.00. The van der Waals surface area contributed by atoms with Crippen molar-refractivity contribution in [2.45, 2.75) is 6.43 Å². The van der Waals surface area contributed by atoms with Crippen LogP contribution in [0.15, 0.2) is 48.7 Å². The summed E-state index contributed by atoms with van der Waals surface area (Å²) in [5, 5.41) is 0. The van der Waals surface area contributed by atoms with Gasteiger partial charge in [-0.15, -0.1) is 0 Å². The smallest absolute Gasteiger partial charge is 0.256 e. The molecule has 0 fully saturated rings. The first-order chi connectivity index (χ1) is 9.52. The maximum atomic E-state index is 14.1. The molecular formula is C15H14F3NO. The highest BCUT2D eigenvalue weighted by molar-refractivity contribution is 5.70. The molecule has 0 N–H and O–H groups in total. The SMILES string of the molecule is C=C1C=CC=C(c2ccc(OC)cc2F)N1CC(F)F. The monoisotopic (exact) mass is 281 g/mol. The van der Waals surface area contributed by atoms with E-state index >= 15 is 0 Å². The minimum absolute atomic E-state index is 0.233. The average molecular weight is 281 g/mol. The van der Waals surface area contributed by atoms with E-state index in [-0.39, 0.29) is 5.56 Å². The van der Waals surface area contributed by atoms with E-state index < -0.39 is 18.8 Å². The molecule has 0 atom stereocenters. The highest BCUT2D eigenvalue weighted by Crippen LogP contribution is 2.30. The highest BCUT2D eigenvalue weighted by Gasteiger charge is 2.22. The number of hydrogen-bond donors (Lipinski definition) is 0. The van der Waals surface area contributed by atoms with Crippen LogP contribution in [0.25, 0.3) is 5.70 Å². The third-order valence-electron chi connectivity index (χ3n) is 2.95. The van der Waals surface area contributed by atoms with Crippen LogP contribution in [0.3, 0.4) is 0 Å². The maximum absolute atomic E-state index is 14.1. The summed E-state index contributed by atoms with van der Waals surface area (Å²) in [6.45, 7) is 3.18. The van der Waals surface area contributed by atoms with Crippen molar-refractivity contribution in [1.29, 1.82) is 0 Å².